The number of fused-ring (bicyclic) bond motifs is 2. The van der Waals surface area contributed by atoms with Crippen molar-refractivity contribution in [1.82, 2.24) is 19.4 Å². The first kappa shape index (κ1) is 19.6. The van der Waals surface area contributed by atoms with Crippen LogP contribution in [0, 0.1) is 0 Å². The quantitative estimate of drug-likeness (QED) is 0.477. The Morgan fingerprint density at radius 3 is 2.79 bits per heavy atom. The van der Waals surface area contributed by atoms with E-state index in [1.165, 1.54) is 0 Å². The van der Waals surface area contributed by atoms with E-state index in [0.29, 0.717) is 30.2 Å². The van der Waals surface area contributed by atoms with E-state index in [2.05, 4.69) is 9.55 Å². The van der Waals surface area contributed by atoms with Crippen molar-refractivity contribution in [3.63, 3.8) is 0 Å². The highest BCUT2D eigenvalue weighted by Gasteiger charge is 2.32. The van der Waals surface area contributed by atoms with Crippen molar-refractivity contribution in [2.45, 2.75) is 12.5 Å². The van der Waals surface area contributed by atoms with Crippen LogP contribution in [0.4, 0.5) is 0 Å². The second kappa shape index (κ2) is 7.81. The number of methoxy groups -OCH3 is 1. The van der Waals surface area contributed by atoms with Crippen molar-refractivity contribution in [2.75, 3.05) is 27.0 Å². The Hall–Kier alpha value is -4.07. The van der Waals surface area contributed by atoms with Crippen LogP contribution < -0.4 is 14.2 Å². The van der Waals surface area contributed by atoms with E-state index in [-0.39, 0.29) is 18.7 Å². The normalized spacial score (nSPS) is 17.0. The van der Waals surface area contributed by atoms with Gasteiger partial charge in [0.15, 0.2) is 17.1 Å². The van der Waals surface area contributed by atoms with Crippen LogP contribution in [0.5, 0.6) is 17.2 Å². The zero-order chi connectivity index (χ0) is 22.4. The third-order valence-corrected chi connectivity index (χ3v) is 6.23. The molecule has 0 saturated carbocycles. The third kappa shape index (κ3) is 3.34. The van der Waals surface area contributed by atoms with Crippen molar-refractivity contribution in [1.29, 1.82) is 0 Å². The summed E-state index contributed by atoms with van der Waals surface area (Å²) >= 11 is 0. The van der Waals surface area contributed by atoms with Crippen LogP contribution in [0.2, 0.25) is 0 Å². The van der Waals surface area contributed by atoms with Gasteiger partial charge in [-0.05, 0) is 61.0 Å². The Bertz CT molecular complexity index is 1350. The molecule has 4 heterocycles. The standard InChI is InChI=1S/C25H22N4O4/c1-31-19-7-4-16(5-8-19)23-27-20-3-2-11-26-24(20)29(23)18-10-12-28(14-18)25(30)17-6-9-21-22(13-17)33-15-32-21/h2-9,11,13,18H,10,12,14-15H2,1H3/t18-/m0/s1. The van der Waals surface area contributed by atoms with Crippen LogP contribution in [0.15, 0.2) is 60.8 Å². The molecule has 2 aliphatic rings. The highest BCUT2D eigenvalue weighted by atomic mass is 16.7. The summed E-state index contributed by atoms with van der Waals surface area (Å²) in [6.07, 6.45) is 2.60. The van der Waals surface area contributed by atoms with Gasteiger partial charge in [-0.25, -0.2) is 9.97 Å². The van der Waals surface area contributed by atoms with Crippen LogP contribution in [-0.2, 0) is 0 Å². The fourth-order valence-electron chi connectivity index (χ4n) is 4.57. The van der Waals surface area contributed by atoms with Crippen LogP contribution in [-0.4, -0.2) is 52.3 Å². The number of pyridine rings is 1. The molecule has 1 saturated heterocycles. The maximum Gasteiger partial charge on any atom is 0.254 e. The highest BCUT2D eigenvalue weighted by Crippen LogP contribution is 2.35. The summed E-state index contributed by atoms with van der Waals surface area (Å²) in [6, 6.07) is 17.1. The van der Waals surface area contributed by atoms with Gasteiger partial charge in [-0.1, -0.05) is 0 Å². The third-order valence-electron chi connectivity index (χ3n) is 6.23. The number of ether oxygens (including phenoxy) is 3. The number of carbonyl (C=O) groups is 1. The molecule has 8 nitrogen and oxygen atoms in total. The lowest BCUT2D eigenvalue weighted by molar-refractivity contribution is 0.0787. The first-order valence-corrected chi connectivity index (χ1v) is 10.9. The zero-order valence-electron chi connectivity index (χ0n) is 18.1. The van der Waals surface area contributed by atoms with E-state index >= 15 is 0 Å². The predicted molar refractivity (Wildman–Crippen MR) is 122 cm³/mol. The zero-order valence-corrected chi connectivity index (χ0v) is 18.1. The van der Waals surface area contributed by atoms with Crippen LogP contribution >= 0.6 is 0 Å². The summed E-state index contributed by atoms with van der Waals surface area (Å²) in [7, 11) is 1.65. The molecular formula is C25H22N4O4. The van der Waals surface area contributed by atoms with Crippen molar-refractivity contribution in [2.24, 2.45) is 0 Å². The number of imidazole rings is 1. The summed E-state index contributed by atoms with van der Waals surface area (Å²) in [6.45, 7) is 1.43. The minimum atomic E-state index is -0.0147. The summed E-state index contributed by atoms with van der Waals surface area (Å²) in [5.41, 5.74) is 3.24. The SMILES string of the molecule is COc1ccc(-c2nc3cccnc3n2[C@H]2CCN(C(=O)c3ccc4c(c3)OCO4)C2)cc1. The Balaban J connectivity index is 1.32. The van der Waals surface area contributed by atoms with Crippen LogP contribution in [0.3, 0.4) is 0 Å². The number of amides is 1. The molecule has 0 radical (unpaired) electrons. The van der Waals surface area contributed by atoms with E-state index in [1.54, 1.807) is 31.5 Å². The Morgan fingerprint density at radius 1 is 1.09 bits per heavy atom. The molecular weight excluding hydrogens is 420 g/mol. The fraction of sp³-hybridized carbons (Fsp3) is 0.240. The molecule has 0 unspecified atom stereocenters. The molecule has 6 rings (SSSR count). The second-order valence-corrected chi connectivity index (χ2v) is 8.14. The number of carbonyl (C=O) groups excluding carboxylic acids is 1. The van der Waals surface area contributed by atoms with Gasteiger partial charge in [0, 0.05) is 30.4 Å². The van der Waals surface area contributed by atoms with Gasteiger partial charge in [-0.15, -0.1) is 0 Å². The summed E-state index contributed by atoms with van der Waals surface area (Å²) in [5, 5.41) is 0. The number of likely N-dealkylation sites (tertiary alicyclic amines) is 1. The fourth-order valence-corrected chi connectivity index (χ4v) is 4.57. The number of benzene rings is 2. The van der Waals surface area contributed by atoms with Gasteiger partial charge in [-0.3, -0.25) is 4.79 Å². The molecule has 2 aromatic heterocycles. The van der Waals surface area contributed by atoms with Crippen molar-refractivity contribution < 1.29 is 19.0 Å². The van der Waals surface area contributed by atoms with Crippen molar-refractivity contribution in [3.8, 4) is 28.6 Å². The maximum atomic E-state index is 13.2. The van der Waals surface area contributed by atoms with E-state index in [4.69, 9.17) is 19.2 Å². The lowest BCUT2D eigenvalue weighted by Gasteiger charge is -2.19. The number of rotatable bonds is 4. The van der Waals surface area contributed by atoms with Gasteiger partial charge in [-0.2, -0.15) is 0 Å². The van der Waals surface area contributed by atoms with E-state index in [9.17, 15) is 4.79 Å². The second-order valence-electron chi connectivity index (χ2n) is 8.14. The first-order chi connectivity index (χ1) is 16.2. The molecule has 0 spiro atoms. The summed E-state index contributed by atoms with van der Waals surface area (Å²) < 4.78 is 18.3. The summed E-state index contributed by atoms with van der Waals surface area (Å²) in [4.78, 5) is 24.6. The van der Waals surface area contributed by atoms with Gasteiger partial charge in [0.25, 0.3) is 5.91 Å². The average Bonchev–Trinajstić information content (AvgIpc) is 3.61. The number of hydrogen-bond donors (Lipinski definition) is 0. The van der Waals surface area contributed by atoms with E-state index < -0.39 is 0 Å². The summed E-state index contributed by atoms with van der Waals surface area (Å²) in [5.74, 6) is 2.91. The minimum absolute atomic E-state index is 0.0147. The molecule has 2 aliphatic heterocycles. The van der Waals surface area contributed by atoms with Gasteiger partial charge >= 0.3 is 0 Å². The maximum absolute atomic E-state index is 13.2. The minimum Gasteiger partial charge on any atom is -0.497 e. The Morgan fingerprint density at radius 2 is 1.94 bits per heavy atom. The lowest BCUT2D eigenvalue weighted by Crippen LogP contribution is -2.29. The van der Waals surface area contributed by atoms with Crippen LogP contribution in [0.25, 0.3) is 22.6 Å². The largest absolute Gasteiger partial charge is 0.497 e. The molecule has 0 N–H and O–H groups in total. The van der Waals surface area contributed by atoms with Crippen molar-refractivity contribution >= 4 is 17.1 Å². The highest BCUT2D eigenvalue weighted by molar-refractivity contribution is 5.95. The molecule has 2 aromatic carbocycles. The molecule has 4 aromatic rings. The Labute approximate surface area is 190 Å². The molecule has 1 fully saturated rings. The van der Waals surface area contributed by atoms with Gasteiger partial charge < -0.3 is 23.7 Å². The van der Waals surface area contributed by atoms with E-state index in [1.807, 2.05) is 41.3 Å². The predicted octanol–water partition coefficient (Wildman–Crippen LogP) is 3.92. The molecule has 0 bridgehead atoms. The van der Waals surface area contributed by atoms with Crippen molar-refractivity contribution in [3.05, 3.63) is 66.4 Å². The number of hydrogen-bond acceptors (Lipinski definition) is 6. The topological polar surface area (TPSA) is 78.7 Å². The Kier molecular flexibility index (Phi) is 4.64. The lowest BCUT2D eigenvalue weighted by atomic mass is 10.1. The molecule has 1 atom stereocenters. The molecule has 0 aliphatic carbocycles. The molecule has 1 amide bonds. The van der Waals surface area contributed by atoms with Gasteiger partial charge in [0.1, 0.15) is 17.1 Å². The molecule has 33 heavy (non-hydrogen) atoms. The smallest absolute Gasteiger partial charge is 0.254 e. The number of nitrogens with zero attached hydrogens (tertiary/aromatic N) is 4. The van der Waals surface area contributed by atoms with Gasteiger partial charge in [0.2, 0.25) is 6.79 Å². The molecule has 8 heteroatoms. The number of aromatic nitrogens is 3. The average molecular weight is 442 g/mol. The van der Waals surface area contributed by atoms with Crippen LogP contribution in [0.1, 0.15) is 22.8 Å². The monoisotopic (exact) mass is 442 g/mol. The first-order valence-electron chi connectivity index (χ1n) is 10.9. The van der Waals surface area contributed by atoms with E-state index in [0.717, 1.165) is 34.7 Å². The molecule has 166 valence electrons. The van der Waals surface area contributed by atoms with Gasteiger partial charge in [0.05, 0.1) is 13.2 Å².